The summed E-state index contributed by atoms with van der Waals surface area (Å²) in [6.45, 7) is 1.86. The first-order valence-electron chi connectivity index (χ1n) is 6.01. The minimum atomic E-state index is 0.538. The Morgan fingerprint density at radius 2 is 1.63 bits per heavy atom. The summed E-state index contributed by atoms with van der Waals surface area (Å²) in [6, 6.07) is 19.6. The Bertz CT molecular complexity index is 552. The van der Waals surface area contributed by atoms with Crippen LogP contribution in [-0.4, -0.2) is 11.3 Å². The molecular weight excluding hydrogens is 254 g/mol. The molecule has 0 saturated carbocycles. The van der Waals surface area contributed by atoms with Gasteiger partial charge in [-0.25, -0.2) is 5.01 Å². The smallest absolute Gasteiger partial charge is 0.198 e. The van der Waals surface area contributed by atoms with Crippen LogP contribution < -0.4 is 10.3 Å². The number of rotatable bonds is 3. The largest absolute Gasteiger partial charge is 0.331 e. The molecule has 0 heterocycles. The van der Waals surface area contributed by atoms with Crippen LogP contribution in [0.1, 0.15) is 6.92 Å². The van der Waals surface area contributed by atoms with Gasteiger partial charge in [-0.05, 0) is 43.4 Å². The van der Waals surface area contributed by atoms with Crippen LogP contribution >= 0.6 is 12.2 Å². The second-order valence-corrected chi connectivity index (χ2v) is 4.20. The second kappa shape index (κ2) is 6.66. The molecule has 0 atom stereocenters. The number of nitrogens with one attached hydrogen (secondary N) is 1. The van der Waals surface area contributed by atoms with Gasteiger partial charge in [0.15, 0.2) is 5.11 Å². The molecule has 96 valence electrons. The Morgan fingerprint density at radius 1 is 1.05 bits per heavy atom. The van der Waals surface area contributed by atoms with Gasteiger partial charge in [0.25, 0.3) is 0 Å². The SMILES string of the molecule is C/C=N/N(C(=S)Nc1ccccc1)c1ccccc1. The van der Waals surface area contributed by atoms with E-state index < -0.39 is 0 Å². The van der Waals surface area contributed by atoms with Gasteiger partial charge in [-0.15, -0.1) is 0 Å². The summed E-state index contributed by atoms with van der Waals surface area (Å²) in [6.07, 6.45) is 1.71. The molecule has 2 rings (SSSR count). The molecule has 0 aliphatic rings. The molecule has 0 spiro atoms. The van der Waals surface area contributed by atoms with E-state index in [4.69, 9.17) is 12.2 Å². The molecule has 0 aromatic heterocycles. The molecule has 0 saturated heterocycles. The summed E-state index contributed by atoms with van der Waals surface area (Å²) < 4.78 is 0. The minimum absolute atomic E-state index is 0.538. The molecule has 0 aliphatic carbocycles. The second-order valence-electron chi connectivity index (χ2n) is 3.82. The number of benzene rings is 2. The molecule has 2 aromatic rings. The molecule has 19 heavy (non-hydrogen) atoms. The maximum Gasteiger partial charge on any atom is 0.198 e. The van der Waals surface area contributed by atoms with Crippen molar-refractivity contribution in [3.05, 3.63) is 60.7 Å². The number of hydrazone groups is 1. The van der Waals surface area contributed by atoms with E-state index in [0.29, 0.717) is 5.11 Å². The van der Waals surface area contributed by atoms with Crippen molar-refractivity contribution in [3.63, 3.8) is 0 Å². The highest BCUT2D eigenvalue weighted by molar-refractivity contribution is 7.80. The van der Waals surface area contributed by atoms with E-state index in [-0.39, 0.29) is 0 Å². The van der Waals surface area contributed by atoms with Crippen LogP contribution in [0.15, 0.2) is 65.8 Å². The first kappa shape index (κ1) is 13.2. The Hall–Kier alpha value is -2.20. The van der Waals surface area contributed by atoms with E-state index in [9.17, 15) is 0 Å². The molecule has 0 aliphatic heterocycles. The monoisotopic (exact) mass is 269 g/mol. The first-order valence-corrected chi connectivity index (χ1v) is 6.42. The van der Waals surface area contributed by atoms with E-state index >= 15 is 0 Å². The number of para-hydroxylation sites is 2. The fourth-order valence-electron chi connectivity index (χ4n) is 1.62. The lowest BCUT2D eigenvalue weighted by atomic mass is 10.3. The van der Waals surface area contributed by atoms with E-state index in [1.54, 1.807) is 11.2 Å². The van der Waals surface area contributed by atoms with Gasteiger partial charge in [0.05, 0.1) is 5.69 Å². The van der Waals surface area contributed by atoms with Crippen molar-refractivity contribution in [2.45, 2.75) is 6.92 Å². The normalized spacial score (nSPS) is 10.4. The lowest BCUT2D eigenvalue weighted by Crippen LogP contribution is -2.30. The quantitative estimate of drug-likeness (QED) is 0.520. The summed E-state index contributed by atoms with van der Waals surface area (Å²) in [5.41, 5.74) is 1.87. The van der Waals surface area contributed by atoms with Crippen LogP contribution in [0.3, 0.4) is 0 Å². The molecule has 3 nitrogen and oxygen atoms in total. The van der Waals surface area contributed by atoms with Gasteiger partial charge in [-0.2, -0.15) is 5.10 Å². The highest BCUT2D eigenvalue weighted by atomic mass is 32.1. The predicted octanol–water partition coefficient (Wildman–Crippen LogP) is 3.90. The lowest BCUT2D eigenvalue weighted by molar-refractivity contribution is 1.15. The van der Waals surface area contributed by atoms with Crippen molar-refractivity contribution in [3.8, 4) is 0 Å². The highest BCUT2D eigenvalue weighted by Crippen LogP contribution is 2.16. The number of hydrogen-bond donors (Lipinski definition) is 1. The van der Waals surface area contributed by atoms with Crippen molar-refractivity contribution >= 4 is 34.9 Å². The predicted molar refractivity (Wildman–Crippen MR) is 85.7 cm³/mol. The van der Waals surface area contributed by atoms with E-state index in [1.807, 2.05) is 67.6 Å². The van der Waals surface area contributed by atoms with Gasteiger partial charge < -0.3 is 5.32 Å². The Balaban J connectivity index is 2.18. The Kier molecular flexibility index (Phi) is 4.64. The fourth-order valence-corrected chi connectivity index (χ4v) is 1.89. The standard InChI is InChI=1S/C15H15N3S/c1-2-16-18(14-11-7-4-8-12-14)15(19)17-13-9-5-3-6-10-13/h2-12H,1H3,(H,17,19)/b16-2+. The van der Waals surface area contributed by atoms with Crippen molar-refractivity contribution < 1.29 is 0 Å². The van der Waals surface area contributed by atoms with Crippen LogP contribution in [-0.2, 0) is 0 Å². The molecule has 0 amide bonds. The van der Waals surface area contributed by atoms with Crippen molar-refractivity contribution in [1.82, 2.24) is 0 Å². The molecule has 2 aromatic carbocycles. The number of anilines is 2. The molecule has 0 bridgehead atoms. The molecular formula is C15H15N3S. The molecule has 0 fully saturated rings. The Morgan fingerprint density at radius 3 is 2.21 bits per heavy atom. The zero-order valence-corrected chi connectivity index (χ0v) is 11.5. The molecule has 0 unspecified atom stereocenters. The van der Waals surface area contributed by atoms with E-state index in [1.165, 1.54) is 0 Å². The first-order chi connectivity index (χ1) is 9.31. The van der Waals surface area contributed by atoms with E-state index in [0.717, 1.165) is 11.4 Å². The fraction of sp³-hybridized carbons (Fsp3) is 0.0667. The van der Waals surface area contributed by atoms with E-state index in [2.05, 4.69) is 10.4 Å². The minimum Gasteiger partial charge on any atom is -0.331 e. The highest BCUT2D eigenvalue weighted by Gasteiger charge is 2.10. The summed E-state index contributed by atoms with van der Waals surface area (Å²) in [4.78, 5) is 0. The van der Waals surface area contributed by atoms with Crippen molar-refractivity contribution in [2.75, 3.05) is 10.3 Å². The van der Waals surface area contributed by atoms with Gasteiger partial charge >= 0.3 is 0 Å². The van der Waals surface area contributed by atoms with Crippen LogP contribution in [0.5, 0.6) is 0 Å². The van der Waals surface area contributed by atoms with Crippen molar-refractivity contribution in [1.29, 1.82) is 0 Å². The average Bonchev–Trinajstić information content (AvgIpc) is 2.46. The van der Waals surface area contributed by atoms with Crippen LogP contribution in [0.4, 0.5) is 11.4 Å². The Labute approximate surface area is 118 Å². The summed E-state index contributed by atoms with van der Waals surface area (Å²) >= 11 is 5.41. The summed E-state index contributed by atoms with van der Waals surface area (Å²) in [7, 11) is 0. The van der Waals surface area contributed by atoms with Gasteiger partial charge in [-0.3, -0.25) is 0 Å². The topological polar surface area (TPSA) is 27.6 Å². The molecule has 1 N–H and O–H groups in total. The lowest BCUT2D eigenvalue weighted by Gasteiger charge is -2.20. The third-order valence-electron chi connectivity index (χ3n) is 2.45. The maximum absolute atomic E-state index is 5.41. The average molecular weight is 269 g/mol. The zero-order chi connectivity index (χ0) is 13.5. The number of hydrogen-bond acceptors (Lipinski definition) is 2. The zero-order valence-electron chi connectivity index (χ0n) is 10.7. The van der Waals surface area contributed by atoms with Gasteiger partial charge in [0.2, 0.25) is 0 Å². The van der Waals surface area contributed by atoms with Crippen LogP contribution in [0.2, 0.25) is 0 Å². The molecule has 4 heteroatoms. The van der Waals surface area contributed by atoms with Gasteiger partial charge in [0.1, 0.15) is 0 Å². The third-order valence-corrected chi connectivity index (χ3v) is 2.72. The molecule has 0 radical (unpaired) electrons. The van der Waals surface area contributed by atoms with Gasteiger partial charge in [-0.1, -0.05) is 36.4 Å². The van der Waals surface area contributed by atoms with Crippen LogP contribution in [0.25, 0.3) is 0 Å². The maximum atomic E-state index is 5.41. The summed E-state index contributed by atoms with van der Waals surface area (Å²) in [5.74, 6) is 0. The van der Waals surface area contributed by atoms with Crippen molar-refractivity contribution in [2.24, 2.45) is 5.10 Å². The third kappa shape index (κ3) is 3.63. The number of thiocarbonyl (C=S) groups is 1. The number of nitrogens with zero attached hydrogens (tertiary/aromatic N) is 2. The van der Waals surface area contributed by atoms with Gasteiger partial charge in [0, 0.05) is 11.9 Å². The summed E-state index contributed by atoms with van der Waals surface area (Å²) in [5, 5.41) is 9.70. The van der Waals surface area contributed by atoms with Crippen LogP contribution in [0, 0.1) is 0 Å².